The van der Waals surface area contributed by atoms with Gasteiger partial charge in [-0.15, -0.1) is 0 Å². The molecule has 0 aromatic carbocycles. The second kappa shape index (κ2) is 7.20. The molecule has 1 atom stereocenters. The number of likely N-dealkylation sites (N-methyl/N-ethyl adjacent to an activating group) is 1. The summed E-state index contributed by atoms with van der Waals surface area (Å²) in [5.74, 6) is 0.642. The van der Waals surface area contributed by atoms with E-state index in [1.54, 1.807) is 30.3 Å². The van der Waals surface area contributed by atoms with Crippen LogP contribution in [-0.2, 0) is 13.1 Å². The van der Waals surface area contributed by atoms with Crippen molar-refractivity contribution in [3.8, 4) is 0 Å². The molecule has 0 spiro atoms. The lowest BCUT2D eigenvalue weighted by atomic mass is 10.2. The summed E-state index contributed by atoms with van der Waals surface area (Å²) in [5, 5.41) is 17.7. The maximum atomic E-state index is 12.7. The number of carbonyl (C=O) groups is 1. The third kappa shape index (κ3) is 3.80. The first-order chi connectivity index (χ1) is 12.0. The van der Waals surface area contributed by atoms with Gasteiger partial charge in [0.15, 0.2) is 0 Å². The van der Waals surface area contributed by atoms with Gasteiger partial charge in [-0.1, -0.05) is 0 Å². The zero-order valence-corrected chi connectivity index (χ0v) is 14.8. The molecule has 134 valence electrons. The van der Waals surface area contributed by atoms with Crippen LogP contribution in [0, 0.1) is 0 Å². The van der Waals surface area contributed by atoms with Crippen LogP contribution >= 0.6 is 0 Å². The molecule has 8 heteroatoms. The van der Waals surface area contributed by atoms with Crippen LogP contribution in [0.15, 0.2) is 24.4 Å². The average molecular weight is 344 g/mol. The zero-order valence-electron chi connectivity index (χ0n) is 14.8. The monoisotopic (exact) mass is 344 g/mol. The van der Waals surface area contributed by atoms with E-state index in [1.165, 1.54) is 0 Å². The van der Waals surface area contributed by atoms with Gasteiger partial charge >= 0.3 is 0 Å². The summed E-state index contributed by atoms with van der Waals surface area (Å²) in [7, 11) is 5.60. The molecule has 0 bridgehead atoms. The maximum Gasteiger partial charge on any atom is 0.254 e. The summed E-state index contributed by atoms with van der Waals surface area (Å²) < 4.78 is 1.88. The second-order valence-corrected chi connectivity index (χ2v) is 6.47. The van der Waals surface area contributed by atoms with Gasteiger partial charge in [0.25, 0.3) is 5.91 Å². The lowest BCUT2D eigenvalue weighted by Crippen LogP contribution is -2.38. The number of rotatable bonds is 5. The highest BCUT2D eigenvalue weighted by Gasteiger charge is 2.25. The molecule has 3 rings (SSSR count). The van der Waals surface area contributed by atoms with Crippen molar-refractivity contribution in [2.24, 2.45) is 0 Å². The highest BCUT2D eigenvalue weighted by atomic mass is 16.3. The van der Waals surface area contributed by atoms with E-state index < -0.39 is 6.10 Å². The normalized spacial score (nSPS) is 15.2. The van der Waals surface area contributed by atoms with Crippen molar-refractivity contribution in [2.45, 2.75) is 19.2 Å². The Labute approximate surface area is 147 Å². The van der Waals surface area contributed by atoms with Crippen LogP contribution in [-0.4, -0.2) is 69.8 Å². The van der Waals surface area contributed by atoms with Gasteiger partial charge in [-0.25, -0.2) is 4.98 Å². The van der Waals surface area contributed by atoms with Gasteiger partial charge in [-0.3, -0.25) is 9.48 Å². The Morgan fingerprint density at radius 1 is 1.40 bits per heavy atom. The van der Waals surface area contributed by atoms with Crippen molar-refractivity contribution in [2.75, 3.05) is 39.5 Å². The Kier molecular flexibility index (Phi) is 5.00. The van der Waals surface area contributed by atoms with E-state index in [4.69, 9.17) is 0 Å². The molecule has 1 aliphatic heterocycles. The number of nitrogens with one attached hydrogen (secondary N) is 1. The van der Waals surface area contributed by atoms with Crippen molar-refractivity contribution in [3.63, 3.8) is 0 Å². The Morgan fingerprint density at radius 3 is 2.92 bits per heavy atom. The van der Waals surface area contributed by atoms with Crippen LogP contribution in [0.4, 0.5) is 5.82 Å². The highest BCUT2D eigenvalue weighted by molar-refractivity contribution is 5.94. The highest BCUT2D eigenvalue weighted by Crippen LogP contribution is 2.20. The molecule has 0 radical (unpaired) electrons. The third-order valence-electron chi connectivity index (χ3n) is 4.25. The number of aliphatic hydroxyl groups is 1. The number of aliphatic hydroxyl groups excluding tert-OH is 1. The number of pyridine rings is 1. The van der Waals surface area contributed by atoms with Gasteiger partial charge in [0.2, 0.25) is 0 Å². The minimum atomic E-state index is -0.629. The molecule has 0 saturated heterocycles. The van der Waals surface area contributed by atoms with Gasteiger partial charge in [-0.2, -0.15) is 5.10 Å². The van der Waals surface area contributed by atoms with Gasteiger partial charge in [0, 0.05) is 31.9 Å². The van der Waals surface area contributed by atoms with Crippen molar-refractivity contribution in [1.82, 2.24) is 24.6 Å². The minimum Gasteiger partial charge on any atom is -0.385 e. The second-order valence-electron chi connectivity index (χ2n) is 6.47. The maximum absolute atomic E-state index is 12.7. The number of anilines is 1. The van der Waals surface area contributed by atoms with Crippen LogP contribution < -0.4 is 5.32 Å². The van der Waals surface area contributed by atoms with Crippen LogP contribution in [0.5, 0.6) is 0 Å². The molecule has 0 fully saturated rings. The van der Waals surface area contributed by atoms with E-state index in [9.17, 15) is 9.90 Å². The fourth-order valence-corrected chi connectivity index (χ4v) is 2.95. The molecule has 2 aromatic rings. The quantitative estimate of drug-likeness (QED) is 0.825. The van der Waals surface area contributed by atoms with E-state index in [1.807, 2.05) is 29.7 Å². The Hall–Kier alpha value is -2.45. The van der Waals surface area contributed by atoms with Crippen molar-refractivity contribution in [1.29, 1.82) is 0 Å². The number of hydrogen-bond donors (Lipinski definition) is 2. The van der Waals surface area contributed by atoms with Crippen LogP contribution in [0.3, 0.4) is 0 Å². The topological polar surface area (TPSA) is 86.5 Å². The van der Waals surface area contributed by atoms with Gasteiger partial charge in [0.05, 0.1) is 24.5 Å². The molecule has 0 aliphatic carbocycles. The Bertz CT molecular complexity index is 757. The molecule has 0 unspecified atom stereocenters. The van der Waals surface area contributed by atoms with Crippen molar-refractivity contribution in [3.05, 3.63) is 41.3 Å². The van der Waals surface area contributed by atoms with E-state index in [2.05, 4.69) is 15.4 Å². The predicted octanol–water partition coefficient (Wildman–Crippen LogP) is 0.571. The van der Waals surface area contributed by atoms with E-state index in [0.717, 1.165) is 5.69 Å². The van der Waals surface area contributed by atoms with Gasteiger partial charge in [0.1, 0.15) is 11.9 Å². The number of amides is 1. The van der Waals surface area contributed by atoms with Gasteiger partial charge in [-0.05, 0) is 32.3 Å². The third-order valence-corrected chi connectivity index (χ3v) is 4.25. The van der Waals surface area contributed by atoms with Crippen molar-refractivity contribution < 1.29 is 9.90 Å². The minimum absolute atomic E-state index is 0.0262. The molecule has 0 saturated carbocycles. The molecule has 3 heterocycles. The molecule has 1 aliphatic rings. The van der Waals surface area contributed by atoms with E-state index in [0.29, 0.717) is 43.3 Å². The molecule has 8 nitrogen and oxygen atoms in total. The SMILES string of the molecule is CNc1cc(C(=O)N2CCn3nc([C@H](O)CN(C)C)cc3C2)ccn1. The van der Waals surface area contributed by atoms with Crippen molar-refractivity contribution >= 4 is 11.7 Å². The number of hydrogen-bond acceptors (Lipinski definition) is 6. The Morgan fingerprint density at radius 2 is 2.20 bits per heavy atom. The first kappa shape index (κ1) is 17.4. The first-order valence-corrected chi connectivity index (χ1v) is 8.30. The molecular weight excluding hydrogens is 320 g/mol. The summed E-state index contributed by atoms with van der Waals surface area (Å²) >= 11 is 0. The summed E-state index contributed by atoms with van der Waals surface area (Å²) in [6.45, 7) is 2.22. The number of fused-ring (bicyclic) bond motifs is 1. The largest absolute Gasteiger partial charge is 0.385 e. The molecule has 25 heavy (non-hydrogen) atoms. The molecule has 2 N–H and O–H groups in total. The predicted molar refractivity (Wildman–Crippen MR) is 94.3 cm³/mol. The fraction of sp³-hybridized carbons (Fsp3) is 0.471. The summed E-state index contributed by atoms with van der Waals surface area (Å²) in [6.07, 6.45) is 0.999. The first-order valence-electron chi connectivity index (χ1n) is 8.30. The lowest BCUT2D eigenvalue weighted by Gasteiger charge is -2.27. The lowest BCUT2D eigenvalue weighted by molar-refractivity contribution is 0.0705. The van der Waals surface area contributed by atoms with E-state index >= 15 is 0 Å². The zero-order chi connectivity index (χ0) is 18.0. The summed E-state index contributed by atoms with van der Waals surface area (Å²) in [5.41, 5.74) is 2.20. The number of aromatic nitrogens is 3. The summed E-state index contributed by atoms with van der Waals surface area (Å²) in [4.78, 5) is 20.6. The molecule has 2 aromatic heterocycles. The fourth-order valence-electron chi connectivity index (χ4n) is 2.95. The van der Waals surface area contributed by atoms with Crippen LogP contribution in [0.1, 0.15) is 27.8 Å². The number of carbonyl (C=O) groups excluding carboxylic acids is 1. The van der Waals surface area contributed by atoms with Gasteiger partial charge < -0.3 is 20.2 Å². The van der Waals surface area contributed by atoms with E-state index in [-0.39, 0.29) is 5.91 Å². The van der Waals surface area contributed by atoms with Crippen LogP contribution in [0.25, 0.3) is 0 Å². The average Bonchev–Trinajstić information content (AvgIpc) is 3.04. The van der Waals surface area contributed by atoms with Crippen LogP contribution in [0.2, 0.25) is 0 Å². The smallest absolute Gasteiger partial charge is 0.254 e. The Balaban J connectivity index is 1.74. The molecular formula is C17H24N6O2. The molecule has 1 amide bonds. The number of nitrogens with zero attached hydrogens (tertiary/aromatic N) is 5. The summed E-state index contributed by atoms with van der Waals surface area (Å²) in [6, 6.07) is 5.36. The standard InChI is InChI=1S/C17H24N6O2/c1-18-16-8-12(4-5-19-16)17(25)22-6-7-23-13(10-22)9-14(20-23)15(24)11-21(2)3/h4-5,8-9,15,24H,6-7,10-11H2,1-3H3,(H,18,19)/t15-/m1/s1.